The third-order valence-electron chi connectivity index (χ3n) is 1.25. The summed E-state index contributed by atoms with van der Waals surface area (Å²) >= 11 is 0. The molecule has 2 nitrogen and oxygen atoms in total. The van der Waals surface area contributed by atoms with E-state index in [1.54, 1.807) is 6.08 Å². The van der Waals surface area contributed by atoms with Crippen molar-refractivity contribution in [3.63, 3.8) is 0 Å². The molecule has 0 bridgehead atoms. The van der Waals surface area contributed by atoms with Crippen molar-refractivity contribution in [2.75, 3.05) is 6.54 Å². The highest BCUT2D eigenvalue weighted by atomic mass is 16.1. The zero-order valence-corrected chi connectivity index (χ0v) is 4.85. The van der Waals surface area contributed by atoms with Gasteiger partial charge in [0.15, 0.2) is 5.78 Å². The monoisotopic (exact) mass is 111 g/mol. The van der Waals surface area contributed by atoms with Gasteiger partial charge in [0, 0.05) is 6.54 Å². The fraction of sp³-hybridized carbons (Fsp3) is 0.500. The van der Waals surface area contributed by atoms with Crippen LogP contribution < -0.4 is 5.32 Å². The molecule has 1 aliphatic heterocycles. The maximum Gasteiger partial charge on any atom is 0.172 e. The first-order valence-electron chi connectivity index (χ1n) is 2.74. The number of rotatable bonds is 0. The van der Waals surface area contributed by atoms with Crippen LogP contribution in [0.15, 0.2) is 12.2 Å². The molecule has 1 heterocycles. The number of ketones is 1. The molecule has 1 aliphatic rings. The third kappa shape index (κ3) is 0.954. The molecular weight excluding hydrogens is 102 g/mol. The second-order valence-electron chi connectivity index (χ2n) is 1.93. The zero-order valence-electron chi connectivity index (χ0n) is 4.85. The van der Waals surface area contributed by atoms with Gasteiger partial charge in [-0.2, -0.15) is 0 Å². The minimum Gasteiger partial charge on any atom is -0.304 e. The summed E-state index contributed by atoms with van der Waals surface area (Å²) in [6.45, 7) is 2.69. The number of carbonyl (C=O) groups is 1. The van der Waals surface area contributed by atoms with Crippen LogP contribution in [0.1, 0.15) is 6.92 Å². The smallest absolute Gasteiger partial charge is 0.172 e. The number of carbonyl (C=O) groups excluding carboxylic acids is 1. The van der Waals surface area contributed by atoms with E-state index < -0.39 is 0 Å². The first-order valence-corrected chi connectivity index (χ1v) is 2.74. The molecule has 0 aromatic rings. The summed E-state index contributed by atoms with van der Waals surface area (Å²) in [4.78, 5) is 10.6. The van der Waals surface area contributed by atoms with Gasteiger partial charge in [0.2, 0.25) is 0 Å². The lowest BCUT2D eigenvalue weighted by molar-refractivity contribution is -0.116. The summed E-state index contributed by atoms with van der Waals surface area (Å²) in [6.07, 6.45) is 3.46. The van der Waals surface area contributed by atoms with Gasteiger partial charge in [0.05, 0.1) is 6.04 Å². The molecule has 8 heavy (non-hydrogen) atoms. The van der Waals surface area contributed by atoms with E-state index in [1.165, 1.54) is 0 Å². The van der Waals surface area contributed by atoms with Crippen molar-refractivity contribution in [3.8, 4) is 0 Å². The highest BCUT2D eigenvalue weighted by Crippen LogP contribution is 1.91. The lowest BCUT2D eigenvalue weighted by Gasteiger charge is -2.11. The van der Waals surface area contributed by atoms with Crippen LogP contribution in [0.3, 0.4) is 0 Å². The van der Waals surface area contributed by atoms with Crippen LogP contribution >= 0.6 is 0 Å². The van der Waals surface area contributed by atoms with E-state index in [4.69, 9.17) is 0 Å². The van der Waals surface area contributed by atoms with Gasteiger partial charge in [-0.3, -0.25) is 4.79 Å². The molecule has 1 N–H and O–H groups in total. The van der Waals surface area contributed by atoms with Crippen molar-refractivity contribution < 1.29 is 4.79 Å². The molecule has 1 rings (SSSR count). The topological polar surface area (TPSA) is 29.1 Å². The van der Waals surface area contributed by atoms with Gasteiger partial charge in [0.1, 0.15) is 0 Å². The van der Waals surface area contributed by atoms with Crippen LogP contribution in [0.2, 0.25) is 0 Å². The predicted molar refractivity (Wildman–Crippen MR) is 31.6 cm³/mol. The lowest BCUT2D eigenvalue weighted by Crippen LogP contribution is -2.35. The summed E-state index contributed by atoms with van der Waals surface area (Å²) in [5, 5.41) is 3.00. The largest absolute Gasteiger partial charge is 0.304 e. The minimum absolute atomic E-state index is 0.0278. The van der Waals surface area contributed by atoms with Crippen molar-refractivity contribution in [2.24, 2.45) is 0 Å². The molecule has 0 aromatic heterocycles. The second kappa shape index (κ2) is 2.09. The predicted octanol–water partition coefficient (Wildman–Crippen LogP) is 0.103. The van der Waals surface area contributed by atoms with E-state index in [2.05, 4.69) is 5.32 Å². The van der Waals surface area contributed by atoms with E-state index in [1.807, 2.05) is 13.0 Å². The molecule has 0 saturated carbocycles. The molecule has 0 saturated heterocycles. The van der Waals surface area contributed by atoms with Gasteiger partial charge >= 0.3 is 0 Å². The quantitative estimate of drug-likeness (QED) is 0.480. The van der Waals surface area contributed by atoms with Crippen LogP contribution in [0.4, 0.5) is 0 Å². The molecule has 1 atom stereocenters. The molecule has 0 aromatic carbocycles. The molecule has 0 aliphatic carbocycles. The van der Waals surface area contributed by atoms with Gasteiger partial charge in [-0.05, 0) is 13.0 Å². The van der Waals surface area contributed by atoms with Crippen molar-refractivity contribution in [1.82, 2.24) is 5.32 Å². The molecule has 0 amide bonds. The Morgan fingerprint density at radius 3 is 3.00 bits per heavy atom. The fourth-order valence-corrected chi connectivity index (χ4v) is 0.665. The maximum atomic E-state index is 10.6. The molecule has 0 spiro atoms. The number of hydrogen-bond acceptors (Lipinski definition) is 2. The maximum absolute atomic E-state index is 10.6. The SMILES string of the molecule is CC1NCC=CC1=O. The molecule has 2 heteroatoms. The summed E-state index contributed by atoms with van der Waals surface area (Å²) in [7, 11) is 0. The highest BCUT2D eigenvalue weighted by molar-refractivity contribution is 5.94. The van der Waals surface area contributed by atoms with Crippen molar-refractivity contribution in [1.29, 1.82) is 0 Å². The Morgan fingerprint density at radius 2 is 2.62 bits per heavy atom. The van der Waals surface area contributed by atoms with Gasteiger partial charge in [-0.25, -0.2) is 0 Å². The summed E-state index contributed by atoms with van der Waals surface area (Å²) in [6, 6.07) is 0.0278. The van der Waals surface area contributed by atoms with E-state index in [9.17, 15) is 4.79 Å². The average Bonchev–Trinajstić information content (AvgIpc) is 1.77. The number of nitrogens with one attached hydrogen (secondary N) is 1. The van der Waals surface area contributed by atoms with Crippen molar-refractivity contribution in [2.45, 2.75) is 13.0 Å². The van der Waals surface area contributed by atoms with E-state index in [0.717, 1.165) is 6.54 Å². The zero-order chi connectivity index (χ0) is 5.98. The third-order valence-corrected chi connectivity index (χ3v) is 1.25. The van der Waals surface area contributed by atoms with Crippen molar-refractivity contribution in [3.05, 3.63) is 12.2 Å². The van der Waals surface area contributed by atoms with Crippen LogP contribution in [-0.4, -0.2) is 18.4 Å². The average molecular weight is 111 g/mol. The minimum atomic E-state index is 0.0278. The van der Waals surface area contributed by atoms with Crippen LogP contribution in [0.25, 0.3) is 0 Å². The van der Waals surface area contributed by atoms with Gasteiger partial charge in [-0.15, -0.1) is 0 Å². The first-order chi connectivity index (χ1) is 3.80. The normalized spacial score (nSPS) is 28.6. The molecule has 0 fully saturated rings. The Bertz CT molecular complexity index is 128. The highest BCUT2D eigenvalue weighted by Gasteiger charge is 2.09. The van der Waals surface area contributed by atoms with Crippen LogP contribution in [-0.2, 0) is 4.79 Å². The Hall–Kier alpha value is -0.630. The lowest BCUT2D eigenvalue weighted by atomic mass is 10.1. The van der Waals surface area contributed by atoms with Crippen LogP contribution in [0, 0.1) is 0 Å². The second-order valence-corrected chi connectivity index (χ2v) is 1.93. The van der Waals surface area contributed by atoms with Gasteiger partial charge < -0.3 is 5.32 Å². The molecule has 44 valence electrons. The van der Waals surface area contributed by atoms with E-state index in [-0.39, 0.29) is 11.8 Å². The molecular formula is C6H9NO. The van der Waals surface area contributed by atoms with Crippen molar-refractivity contribution >= 4 is 5.78 Å². The summed E-state index contributed by atoms with van der Waals surface area (Å²) in [5.41, 5.74) is 0. The van der Waals surface area contributed by atoms with Gasteiger partial charge in [0.25, 0.3) is 0 Å². The van der Waals surface area contributed by atoms with E-state index in [0.29, 0.717) is 0 Å². The standard InChI is InChI=1S/C6H9NO/c1-5-6(8)3-2-4-7-5/h2-3,5,7H,4H2,1H3. The summed E-state index contributed by atoms with van der Waals surface area (Å²) in [5.74, 6) is 0.177. The van der Waals surface area contributed by atoms with E-state index >= 15 is 0 Å². The molecule has 1 unspecified atom stereocenters. The Morgan fingerprint density at radius 1 is 1.88 bits per heavy atom. The number of hydrogen-bond donors (Lipinski definition) is 1. The van der Waals surface area contributed by atoms with Crippen LogP contribution in [0.5, 0.6) is 0 Å². The Labute approximate surface area is 48.6 Å². The Balaban J connectivity index is 2.60. The Kier molecular flexibility index (Phi) is 1.44. The fourth-order valence-electron chi connectivity index (χ4n) is 0.665. The van der Waals surface area contributed by atoms with Gasteiger partial charge in [-0.1, -0.05) is 6.08 Å². The molecule has 0 radical (unpaired) electrons. The first kappa shape index (κ1) is 5.51. The summed E-state index contributed by atoms with van der Waals surface area (Å²) < 4.78 is 0.